The molecule has 0 aromatic heterocycles. The zero-order valence-electron chi connectivity index (χ0n) is 14.0. The molecule has 0 N–H and O–H groups in total. The first-order valence-electron chi connectivity index (χ1n) is 8.55. The van der Waals surface area contributed by atoms with Crippen molar-refractivity contribution < 1.29 is 0 Å². The third-order valence-electron chi connectivity index (χ3n) is 4.67. The van der Waals surface area contributed by atoms with Gasteiger partial charge in [-0.05, 0) is 78.9 Å². The predicted octanol–water partition coefficient (Wildman–Crippen LogP) is 6.02. The Morgan fingerprint density at radius 1 is 0.917 bits per heavy atom. The summed E-state index contributed by atoms with van der Waals surface area (Å²) in [6.45, 7) is 2.02. The summed E-state index contributed by atoms with van der Waals surface area (Å²) >= 11 is 1.20. The average molecular weight is 331 g/mol. The van der Waals surface area contributed by atoms with E-state index < -0.39 is 0 Å². The van der Waals surface area contributed by atoms with Gasteiger partial charge in [-0.25, -0.2) is 0 Å². The molecule has 2 aromatic carbocycles. The maximum atomic E-state index is 8.77. The third-order valence-corrected chi connectivity index (χ3v) is 5.44. The largest absolute Gasteiger partial charge is 0.185 e. The fourth-order valence-corrected chi connectivity index (χ4v) is 3.76. The standard InChI is InChI=1S/C22H21NS/c1-17-15-19(11-14-22(17)24-16-23)8-7-18-9-12-21(13-10-18)20-5-3-2-4-6-20/h9-15,20H,2-6H2,1H3. The summed E-state index contributed by atoms with van der Waals surface area (Å²) in [5, 5.41) is 10.9. The lowest BCUT2D eigenvalue weighted by atomic mass is 9.84. The van der Waals surface area contributed by atoms with E-state index in [4.69, 9.17) is 5.26 Å². The van der Waals surface area contributed by atoms with Gasteiger partial charge in [-0.2, -0.15) is 5.26 Å². The highest BCUT2D eigenvalue weighted by Gasteiger charge is 2.14. The van der Waals surface area contributed by atoms with Gasteiger partial charge in [0.25, 0.3) is 0 Å². The lowest BCUT2D eigenvalue weighted by Crippen LogP contribution is -2.04. The number of benzene rings is 2. The topological polar surface area (TPSA) is 23.8 Å². The Morgan fingerprint density at radius 3 is 2.25 bits per heavy atom. The average Bonchev–Trinajstić information content (AvgIpc) is 2.63. The number of thioether (sulfide) groups is 1. The number of thiocyanates is 1. The van der Waals surface area contributed by atoms with Crippen molar-refractivity contribution in [3.8, 4) is 17.2 Å². The van der Waals surface area contributed by atoms with E-state index in [1.165, 1.54) is 49.4 Å². The molecular weight excluding hydrogens is 310 g/mol. The quantitative estimate of drug-likeness (QED) is 0.382. The smallest absolute Gasteiger partial charge is 0.138 e. The highest BCUT2D eigenvalue weighted by molar-refractivity contribution is 8.03. The molecular formula is C22H21NS. The molecule has 120 valence electrons. The summed E-state index contributed by atoms with van der Waals surface area (Å²) < 4.78 is 0. The molecule has 0 spiro atoms. The molecule has 0 aliphatic heterocycles. The second-order valence-electron chi connectivity index (χ2n) is 6.38. The molecule has 0 bridgehead atoms. The van der Waals surface area contributed by atoms with Gasteiger partial charge in [0.15, 0.2) is 0 Å². The molecule has 1 aliphatic carbocycles. The van der Waals surface area contributed by atoms with Crippen LogP contribution in [0.5, 0.6) is 0 Å². The van der Waals surface area contributed by atoms with Crippen molar-refractivity contribution in [3.05, 3.63) is 64.7 Å². The Bertz CT molecular complexity index is 797. The molecule has 1 saturated carbocycles. The van der Waals surface area contributed by atoms with Crippen molar-refractivity contribution in [1.29, 1.82) is 5.26 Å². The highest BCUT2D eigenvalue weighted by atomic mass is 32.2. The van der Waals surface area contributed by atoms with Gasteiger partial charge in [0.05, 0.1) is 0 Å². The molecule has 2 aromatic rings. The van der Waals surface area contributed by atoms with E-state index in [-0.39, 0.29) is 0 Å². The maximum absolute atomic E-state index is 8.77. The highest BCUT2D eigenvalue weighted by Crippen LogP contribution is 2.32. The van der Waals surface area contributed by atoms with Crippen LogP contribution in [0.4, 0.5) is 0 Å². The zero-order valence-corrected chi connectivity index (χ0v) is 14.8. The van der Waals surface area contributed by atoms with E-state index in [2.05, 4.69) is 41.5 Å². The van der Waals surface area contributed by atoms with Crippen molar-refractivity contribution >= 4 is 11.8 Å². The van der Waals surface area contributed by atoms with Crippen molar-refractivity contribution in [3.63, 3.8) is 0 Å². The van der Waals surface area contributed by atoms with E-state index in [0.717, 1.165) is 27.5 Å². The Kier molecular flexibility index (Phi) is 5.63. The first kappa shape index (κ1) is 16.7. The van der Waals surface area contributed by atoms with E-state index in [1.54, 1.807) is 0 Å². The molecule has 0 saturated heterocycles. The first-order chi connectivity index (χ1) is 11.8. The van der Waals surface area contributed by atoms with Crippen LogP contribution in [-0.4, -0.2) is 0 Å². The second-order valence-corrected chi connectivity index (χ2v) is 7.21. The van der Waals surface area contributed by atoms with Crippen LogP contribution < -0.4 is 0 Å². The van der Waals surface area contributed by atoms with E-state index in [0.29, 0.717) is 0 Å². The number of nitriles is 1. The Morgan fingerprint density at radius 2 is 1.58 bits per heavy atom. The van der Waals surface area contributed by atoms with Crippen molar-refractivity contribution in [2.75, 3.05) is 0 Å². The minimum Gasteiger partial charge on any atom is -0.185 e. The van der Waals surface area contributed by atoms with Gasteiger partial charge in [-0.3, -0.25) is 0 Å². The molecule has 0 radical (unpaired) electrons. The van der Waals surface area contributed by atoms with Gasteiger partial charge >= 0.3 is 0 Å². The van der Waals surface area contributed by atoms with Gasteiger partial charge < -0.3 is 0 Å². The van der Waals surface area contributed by atoms with Crippen molar-refractivity contribution in [2.24, 2.45) is 0 Å². The summed E-state index contributed by atoms with van der Waals surface area (Å²) in [5.74, 6) is 7.22. The number of hydrogen-bond donors (Lipinski definition) is 0. The Hall–Kier alpha value is -2.16. The van der Waals surface area contributed by atoms with E-state index in [9.17, 15) is 0 Å². The fraction of sp³-hybridized carbons (Fsp3) is 0.318. The molecule has 0 amide bonds. The zero-order chi connectivity index (χ0) is 16.8. The number of rotatable bonds is 2. The van der Waals surface area contributed by atoms with Crippen LogP contribution in [0.25, 0.3) is 0 Å². The maximum Gasteiger partial charge on any atom is 0.138 e. The van der Waals surface area contributed by atoms with Gasteiger partial charge in [-0.15, -0.1) is 0 Å². The van der Waals surface area contributed by atoms with Crippen molar-refractivity contribution in [2.45, 2.75) is 49.8 Å². The van der Waals surface area contributed by atoms with Crippen LogP contribution in [0.2, 0.25) is 0 Å². The van der Waals surface area contributed by atoms with Crippen LogP contribution in [0.3, 0.4) is 0 Å². The minimum atomic E-state index is 0.744. The van der Waals surface area contributed by atoms with Crippen molar-refractivity contribution in [1.82, 2.24) is 0 Å². The molecule has 1 fully saturated rings. The van der Waals surface area contributed by atoms with E-state index >= 15 is 0 Å². The summed E-state index contributed by atoms with van der Waals surface area (Å²) in [6.07, 6.45) is 6.79. The van der Waals surface area contributed by atoms with Gasteiger partial charge in [0.2, 0.25) is 0 Å². The normalized spacial score (nSPS) is 14.5. The molecule has 2 heteroatoms. The summed E-state index contributed by atoms with van der Waals surface area (Å²) in [7, 11) is 0. The lowest BCUT2D eigenvalue weighted by Gasteiger charge is -2.21. The molecule has 0 unspecified atom stereocenters. The van der Waals surface area contributed by atoms with Gasteiger partial charge in [0.1, 0.15) is 5.40 Å². The lowest BCUT2D eigenvalue weighted by molar-refractivity contribution is 0.443. The van der Waals surface area contributed by atoms with E-state index in [1.807, 2.05) is 25.1 Å². The second kappa shape index (κ2) is 8.09. The molecule has 1 aliphatic rings. The Labute approximate surface area is 149 Å². The summed E-state index contributed by atoms with van der Waals surface area (Å²) in [5.41, 5.74) is 4.61. The minimum absolute atomic E-state index is 0.744. The SMILES string of the molecule is Cc1cc(C#Cc2ccc(C3CCCCC3)cc2)ccc1SC#N. The summed E-state index contributed by atoms with van der Waals surface area (Å²) in [6, 6.07) is 14.8. The van der Waals surface area contributed by atoms with Crippen LogP contribution in [-0.2, 0) is 0 Å². The molecule has 1 nitrogen and oxygen atoms in total. The summed E-state index contributed by atoms with van der Waals surface area (Å²) in [4.78, 5) is 1.000. The molecule has 3 rings (SSSR count). The monoisotopic (exact) mass is 331 g/mol. The molecule has 0 heterocycles. The van der Waals surface area contributed by atoms with Gasteiger partial charge in [0, 0.05) is 16.0 Å². The molecule has 0 atom stereocenters. The van der Waals surface area contributed by atoms with Crippen LogP contribution in [0.15, 0.2) is 47.4 Å². The molecule has 24 heavy (non-hydrogen) atoms. The fourth-order valence-electron chi connectivity index (χ4n) is 3.31. The first-order valence-corrected chi connectivity index (χ1v) is 9.36. The Balaban J connectivity index is 1.71. The predicted molar refractivity (Wildman–Crippen MR) is 101 cm³/mol. The van der Waals surface area contributed by atoms with Gasteiger partial charge in [-0.1, -0.05) is 43.2 Å². The number of hydrogen-bond acceptors (Lipinski definition) is 2. The number of aryl methyl sites for hydroxylation is 1. The third kappa shape index (κ3) is 4.22. The van der Waals surface area contributed by atoms with Crippen LogP contribution >= 0.6 is 11.8 Å². The number of nitrogens with zero attached hydrogens (tertiary/aromatic N) is 1. The van der Waals surface area contributed by atoms with Crippen LogP contribution in [0, 0.1) is 29.4 Å². The van der Waals surface area contributed by atoms with Crippen LogP contribution in [0.1, 0.15) is 60.3 Å².